The van der Waals surface area contributed by atoms with E-state index in [9.17, 15) is 0 Å². The molecule has 0 N–H and O–H groups in total. The van der Waals surface area contributed by atoms with Crippen molar-refractivity contribution in [1.29, 1.82) is 0 Å². The minimum Gasteiger partial charge on any atom is -0.354 e. The summed E-state index contributed by atoms with van der Waals surface area (Å²) in [5.41, 5.74) is 1.95. The Balaban J connectivity index is 2.11. The van der Waals surface area contributed by atoms with Crippen molar-refractivity contribution >= 4 is 0 Å². The maximum absolute atomic E-state index is 6.36. The number of ether oxygens (including phenoxy) is 1. The highest BCUT2D eigenvalue weighted by Gasteiger charge is 2.38. The van der Waals surface area contributed by atoms with Gasteiger partial charge in [-0.25, -0.2) is 0 Å². The Morgan fingerprint density at radius 3 is 1.84 bits per heavy atom. The molecule has 96 valence electrons. The molecule has 2 aromatic carbocycles. The van der Waals surface area contributed by atoms with Crippen molar-refractivity contribution in [2.24, 2.45) is 0 Å². The summed E-state index contributed by atoms with van der Waals surface area (Å²) in [6.45, 7) is 2.15. The fraction of sp³-hybridized carbons (Fsp3) is 0.222. The molecule has 2 aromatic rings. The van der Waals surface area contributed by atoms with Gasteiger partial charge in [0.15, 0.2) is 0 Å². The topological polar surface area (TPSA) is 9.23 Å². The monoisotopic (exact) mass is 250 g/mol. The molecule has 1 aliphatic rings. The van der Waals surface area contributed by atoms with Crippen molar-refractivity contribution in [1.82, 2.24) is 0 Å². The average Bonchev–Trinajstić information content (AvgIpc) is 2.95. The molecule has 3 rings (SSSR count). The molecule has 0 spiro atoms. The largest absolute Gasteiger partial charge is 0.354 e. The molecule has 1 unspecified atom stereocenters. The van der Waals surface area contributed by atoms with E-state index in [1.807, 2.05) is 12.1 Å². The zero-order valence-corrected chi connectivity index (χ0v) is 11.1. The molecule has 0 saturated heterocycles. The van der Waals surface area contributed by atoms with E-state index in [1.165, 1.54) is 11.1 Å². The van der Waals surface area contributed by atoms with Gasteiger partial charge >= 0.3 is 0 Å². The van der Waals surface area contributed by atoms with E-state index in [1.54, 1.807) is 0 Å². The molecule has 19 heavy (non-hydrogen) atoms. The zero-order chi connectivity index (χ0) is 13.1. The third kappa shape index (κ3) is 2.11. The summed E-state index contributed by atoms with van der Waals surface area (Å²) in [7, 11) is 0. The Hall–Kier alpha value is -1.86. The summed E-state index contributed by atoms with van der Waals surface area (Å²) in [5, 5.41) is 0. The Morgan fingerprint density at radius 2 is 1.42 bits per heavy atom. The molecule has 1 aliphatic heterocycles. The highest BCUT2D eigenvalue weighted by molar-refractivity contribution is 5.43. The summed E-state index contributed by atoms with van der Waals surface area (Å²) in [6.07, 6.45) is 5.57. The molecule has 1 atom stereocenters. The first-order valence-electron chi connectivity index (χ1n) is 6.83. The number of hydrogen-bond donors (Lipinski definition) is 0. The number of benzene rings is 2. The second-order valence-corrected chi connectivity index (χ2v) is 4.89. The lowest BCUT2D eigenvalue weighted by Crippen LogP contribution is -2.28. The van der Waals surface area contributed by atoms with E-state index in [2.05, 4.69) is 67.6 Å². The lowest BCUT2D eigenvalue weighted by atomic mass is 9.86. The van der Waals surface area contributed by atoms with E-state index in [0.29, 0.717) is 0 Å². The van der Waals surface area contributed by atoms with E-state index in [-0.39, 0.29) is 6.10 Å². The van der Waals surface area contributed by atoms with Gasteiger partial charge in [-0.1, -0.05) is 73.7 Å². The van der Waals surface area contributed by atoms with Gasteiger partial charge in [0.2, 0.25) is 0 Å². The summed E-state index contributed by atoms with van der Waals surface area (Å²) in [5.74, 6) is 0. The molecule has 0 fully saturated rings. The predicted molar refractivity (Wildman–Crippen MR) is 78.0 cm³/mol. The Labute approximate surface area is 114 Å². The third-order valence-electron chi connectivity index (χ3n) is 3.69. The normalized spacial score (nSPS) is 20.6. The molecular weight excluding hydrogens is 232 g/mol. The second-order valence-electron chi connectivity index (χ2n) is 4.89. The molecule has 1 nitrogen and oxygen atoms in total. The van der Waals surface area contributed by atoms with Crippen molar-refractivity contribution in [2.75, 3.05) is 0 Å². The van der Waals surface area contributed by atoms with Crippen LogP contribution in [0.4, 0.5) is 0 Å². The molecule has 1 heteroatoms. The van der Waals surface area contributed by atoms with Crippen LogP contribution in [0.25, 0.3) is 0 Å². The quantitative estimate of drug-likeness (QED) is 0.738. The first kappa shape index (κ1) is 12.2. The van der Waals surface area contributed by atoms with Gasteiger partial charge in [-0.05, 0) is 23.6 Å². The lowest BCUT2D eigenvalue weighted by molar-refractivity contribution is -0.000498. The third-order valence-corrected chi connectivity index (χ3v) is 3.69. The number of rotatable bonds is 3. The van der Waals surface area contributed by atoms with Crippen LogP contribution in [0.5, 0.6) is 0 Å². The maximum Gasteiger partial charge on any atom is 0.137 e. The van der Waals surface area contributed by atoms with E-state index in [4.69, 9.17) is 4.74 Å². The maximum atomic E-state index is 6.36. The Kier molecular flexibility index (Phi) is 3.22. The SMILES string of the molecule is CCC1C=CC(c2ccccc2)(c2ccccc2)O1. The van der Waals surface area contributed by atoms with Gasteiger partial charge in [-0.3, -0.25) is 0 Å². The van der Waals surface area contributed by atoms with Gasteiger partial charge in [-0.15, -0.1) is 0 Å². The minimum atomic E-state index is -0.427. The van der Waals surface area contributed by atoms with Crippen molar-refractivity contribution < 1.29 is 4.74 Å². The smallest absolute Gasteiger partial charge is 0.137 e. The van der Waals surface area contributed by atoms with E-state index >= 15 is 0 Å². The van der Waals surface area contributed by atoms with Gasteiger partial charge in [0.05, 0.1) is 6.10 Å². The minimum absolute atomic E-state index is 0.195. The average molecular weight is 250 g/mol. The van der Waals surface area contributed by atoms with Crippen LogP contribution in [0.2, 0.25) is 0 Å². The predicted octanol–water partition coefficient (Wildman–Crippen LogP) is 4.30. The van der Waals surface area contributed by atoms with Crippen LogP contribution in [0.1, 0.15) is 24.5 Å². The van der Waals surface area contributed by atoms with Gasteiger partial charge in [0.25, 0.3) is 0 Å². The van der Waals surface area contributed by atoms with Gasteiger partial charge in [0.1, 0.15) is 5.60 Å². The van der Waals surface area contributed by atoms with Crippen LogP contribution >= 0.6 is 0 Å². The molecule has 0 amide bonds. The summed E-state index contributed by atoms with van der Waals surface area (Å²) in [6, 6.07) is 20.9. The molecular formula is C18H18O. The molecule has 1 heterocycles. The first-order valence-corrected chi connectivity index (χ1v) is 6.83. The standard InChI is InChI=1S/C18H18O/c1-2-17-13-14-18(19-17,15-9-5-3-6-10-15)16-11-7-4-8-12-16/h3-14,17H,2H2,1H3. The van der Waals surface area contributed by atoms with Crippen molar-refractivity contribution in [3.8, 4) is 0 Å². The van der Waals surface area contributed by atoms with Gasteiger partial charge in [0, 0.05) is 0 Å². The molecule has 0 aliphatic carbocycles. The molecule has 0 saturated carbocycles. The summed E-state index contributed by atoms with van der Waals surface area (Å²) < 4.78 is 6.36. The van der Waals surface area contributed by atoms with Crippen LogP contribution in [-0.2, 0) is 10.3 Å². The Morgan fingerprint density at radius 1 is 0.895 bits per heavy atom. The lowest BCUT2D eigenvalue weighted by Gasteiger charge is -2.30. The fourth-order valence-corrected chi connectivity index (χ4v) is 2.65. The molecule has 0 aromatic heterocycles. The molecule has 0 radical (unpaired) electrons. The van der Waals surface area contributed by atoms with E-state index in [0.717, 1.165) is 6.42 Å². The second kappa shape index (κ2) is 5.02. The first-order chi connectivity index (χ1) is 9.35. The van der Waals surface area contributed by atoms with Crippen LogP contribution in [-0.4, -0.2) is 6.10 Å². The summed E-state index contributed by atoms with van der Waals surface area (Å²) >= 11 is 0. The summed E-state index contributed by atoms with van der Waals surface area (Å²) in [4.78, 5) is 0. The molecule has 0 bridgehead atoms. The zero-order valence-electron chi connectivity index (χ0n) is 11.1. The van der Waals surface area contributed by atoms with Crippen LogP contribution in [0.3, 0.4) is 0 Å². The van der Waals surface area contributed by atoms with Crippen molar-refractivity contribution in [3.63, 3.8) is 0 Å². The van der Waals surface area contributed by atoms with Crippen LogP contribution in [0.15, 0.2) is 72.8 Å². The fourth-order valence-electron chi connectivity index (χ4n) is 2.65. The number of hydrogen-bond acceptors (Lipinski definition) is 1. The Bertz CT molecular complexity index is 517. The van der Waals surface area contributed by atoms with Crippen LogP contribution in [0, 0.1) is 0 Å². The highest BCUT2D eigenvalue weighted by Crippen LogP contribution is 2.40. The van der Waals surface area contributed by atoms with Crippen molar-refractivity contribution in [3.05, 3.63) is 83.9 Å². The van der Waals surface area contributed by atoms with Gasteiger partial charge < -0.3 is 4.74 Å². The van der Waals surface area contributed by atoms with Gasteiger partial charge in [-0.2, -0.15) is 0 Å². The highest BCUT2D eigenvalue weighted by atomic mass is 16.5. The van der Waals surface area contributed by atoms with Crippen molar-refractivity contribution in [2.45, 2.75) is 25.0 Å². The van der Waals surface area contributed by atoms with E-state index < -0.39 is 5.60 Å². The van der Waals surface area contributed by atoms with Crippen LogP contribution < -0.4 is 0 Å².